The molecule has 0 aromatic rings. The fraction of sp³-hybridized carbons (Fsp3) is 0.714. The van der Waals surface area contributed by atoms with Crippen molar-refractivity contribution in [3.63, 3.8) is 0 Å². The molecule has 0 bridgehead atoms. The van der Waals surface area contributed by atoms with Crippen LogP contribution in [0.3, 0.4) is 0 Å². The van der Waals surface area contributed by atoms with Crippen molar-refractivity contribution in [2.75, 3.05) is 0 Å². The van der Waals surface area contributed by atoms with Gasteiger partial charge in [0.25, 0.3) is 0 Å². The molecule has 4 heteroatoms. The van der Waals surface area contributed by atoms with Crippen LogP contribution in [0.15, 0.2) is 0 Å². The number of rotatable bonds is 0. The first-order valence-corrected chi connectivity index (χ1v) is 19.7. The third-order valence-corrected chi connectivity index (χ3v) is 21.1. The molecule has 1 heterocycles. The molecule has 18 heavy (non-hydrogen) atoms. The molecule has 100 valence electrons. The second-order valence-corrected chi connectivity index (χ2v) is 27.3. The van der Waals surface area contributed by atoms with Crippen LogP contribution < -0.4 is 0 Å². The van der Waals surface area contributed by atoms with E-state index >= 15 is 0 Å². The lowest BCUT2D eigenvalue weighted by Crippen LogP contribution is -2.43. The predicted molar refractivity (Wildman–Crippen MR) is 95.1 cm³/mol. The molecule has 0 saturated heterocycles. The molecular weight excluding hydrogens is 280 g/mol. The van der Waals surface area contributed by atoms with Crippen LogP contribution in [0.1, 0.15) is 0 Å². The second-order valence-electron chi connectivity index (χ2n) is 8.39. The third-order valence-electron chi connectivity index (χ3n) is 3.25. The highest BCUT2D eigenvalue weighted by Gasteiger charge is 2.35. The Kier molecular flexibility index (Phi) is 4.30. The van der Waals surface area contributed by atoms with E-state index in [4.69, 9.17) is 0 Å². The summed E-state index contributed by atoms with van der Waals surface area (Å²) in [6.45, 7) is 19.5. The van der Waals surface area contributed by atoms with Gasteiger partial charge in [-0.1, -0.05) is 52.4 Å². The van der Waals surface area contributed by atoms with Crippen LogP contribution in [0.2, 0.25) is 63.7 Å². The Labute approximate surface area is 118 Å². The zero-order valence-electron chi connectivity index (χ0n) is 13.4. The molecule has 0 N–H and O–H groups in total. The highest BCUT2D eigenvalue weighted by Crippen LogP contribution is 2.23. The van der Waals surface area contributed by atoms with Crippen LogP contribution >= 0.6 is 0 Å². The monoisotopic (exact) mass is 308 g/mol. The van der Waals surface area contributed by atoms with Crippen molar-refractivity contribution in [1.29, 1.82) is 0 Å². The van der Waals surface area contributed by atoms with Crippen molar-refractivity contribution in [3.8, 4) is 22.2 Å². The fourth-order valence-electron chi connectivity index (χ4n) is 3.06. The van der Waals surface area contributed by atoms with E-state index in [1.165, 1.54) is 11.3 Å². The first-order valence-electron chi connectivity index (χ1n) is 6.91. The van der Waals surface area contributed by atoms with Crippen molar-refractivity contribution in [2.45, 2.75) is 63.7 Å². The predicted octanol–water partition coefficient (Wildman–Crippen LogP) is 4.08. The molecule has 0 saturated carbocycles. The van der Waals surface area contributed by atoms with Gasteiger partial charge in [0.2, 0.25) is 0 Å². The first-order chi connectivity index (χ1) is 7.83. The summed E-state index contributed by atoms with van der Waals surface area (Å²) in [6, 6.07) is 0. The molecule has 0 aromatic heterocycles. The third kappa shape index (κ3) is 5.32. The molecule has 0 unspecified atom stereocenters. The van der Waals surface area contributed by atoms with Crippen LogP contribution in [0.25, 0.3) is 0 Å². The minimum absolute atomic E-state index is 1.34. The molecule has 0 spiro atoms. The minimum Gasteiger partial charge on any atom is -0.139 e. The van der Waals surface area contributed by atoms with Crippen LogP contribution in [0.4, 0.5) is 0 Å². The van der Waals surface area contributed by atoms with E-state index in [0.717, 1.165) is 0 Å². The molecule has 0 amide bonds. The number of hydrogen-bond donors (Lipinski definition) is 0. The quantitative estimate of drug-likeness (QED) is 0.467. The average Bonchev–Trinajstić information content (AvgIpc) is 2.08. The Morgan fingerprint density at radius 3 is 0.778 bits per heavy atom. The van der Waals surface area contributed by atoms with Gasteiger partial charge in [0.15, 0.2) is 0 Å². The highest BCUT2D eigenvalue weighted by molar-refractivity contribution is 7.07. The second kappa shape index (κ2) is 4.83. The standard InChI is InChI=1S/C14H28Si4/c1-15(2)9-10-17(5,6)14-18(7,8)12-11-16(3,4)13-15/h13-14H2,1-8H3. The van der Waals surface area contributed by atoms with Crippen LogP contribution in [-0.2, 0) is 0 Å². The lowest BCUT2D eigenvalue weighted by atomic mass is 11.3. The summed E-state index contributed by atoms with van der Waals surface area (Å²) in [7, 11) is -5.40. The average molecular weight is 309 g/mol. The summed E-state index contributed by atoms with van der Waals surface area (Å²) < 4.78 is 0. The minimum atomic E-state index is -1.35. The zero-order chi connectivity index (χ0) is 14.2. The Bertz CT molecular complexity index is 370. The normalized spacial score (nSPS) is 27.1. The molecule has 0 atom stereocenters. The van der Waals surface area contributed by atoms with Crippen molar-refractivity contribution >= 4 is 32.3 Å². The lowest BCUT2D eigenvalue weighted by molar-refractivity contribution is 1.58. The Morgan fingerprint density at radius 1 is 0.444 bits per heavy atom. The molecule has 0 fully saturated rings. The zero-order valence-corrected chi connectivity index (χ0v) is 17.4. The molecule has 1 rings (SSSR count). The summed E-state index contributed by atoms with van der Waals surface area (Å²) in [5.41, 5.74) is 17.7. The van der Waals surface area contributed by atoms with E-state index in [-0.39, 0.29) is 0 Å². The topological polar surface area (TPSA) is 0 Å². The summed E-state index contributed by atoms with van der Waals surface area (Å²) in [6.07, 6.45) is 0. The lowest BCUT2D eigenvalue weighted by Gasteiger charge is -2.29. The van der Waals surface area contributed by atoms with E-state index in [1.807, 2.05) is 0 Å². The van der Waals surface area contributed by atoms with Crippen molar-refractivity contribution in [3.05, 3.63) is 0 Å². The molecule has 0 radical (unpaired) electrons. The van der Waals surface area contributed by atoms with E-state index in [9.17, 15) is 0 Å². The van der Waals surface area contributed by atoms with Gasteiger partial charge < -0.3 is 0 Å². The van der Waals surface area contributed by atoms with Gasteiger partial charge in [-0.3, -0.25) is 0 Å². The summed E-state index contributed by atoms with van der Waals surface area (Å²) in [5, 5.41) is 0. The van der Waals surface area contributed by atoms with E-state index in [2.05, 4.69) is 74.6 Å². The maximum atomic E-state index is 3.75. The summed E-state index contributed by atoms with van der Waals surface area (Å²) in [4.78, 5) is 0. The summed E-state index contributed by atoms with van der Waals surface area (Å²) in [5.74, 6) is 0. The van der Waals surface area contributed by atoms with Gasteiger partial charge in [0.05, 0.1) is 0 Å². The largest absolute Gasteiger partial charge is 0.139 e. The Hall–Kier alpha value is -0.0125. The fourth-order valence-corrected chi connectivity index (χ4v) is 27.6. The SMILES string of the molecule is C[Si]1(C)C#C[Si](C)(C)C[Si](C)(C)C#C[Si](C)(C)C1. The molecular formula is C14H28Si4. The highest BCUT2D eigenvalue weighted by atomic mass is 28.4. The maximum absolute atomic E-state index is 3.75. The van der Waals surface area contributed by atoms with E-state index in [1.54, 1.807) is 0 Å². The Balaban J connectivity index is 3.24. The van der Waals surface area contributed by atoms with Crippen LogP contribution in [0, 0.1) is 22.2 Å². The smallest absolute Gasteiger partial charge is 0.129 e. The van der Waals surface area contributed by atoms with Gasteiger partial charge in [0, 0.05) is 0 Å². The van der Waals surface area contributed by atoms with Crippen molar-refractivity contribution in [1.82, 2.24) is 0 Å². The van der Waals surface area contributed by atoms with E-state index in [0.29, 0.717) is 0 Å². The van der Waals surface area contributed by atoms with Gasteiger partial charge >= 0.3 is 0 Å². The van der Waals surface area contributed by atoms with Gasteiger partial charge in [-0.15, -0.1) is 22.2 Å². The van der Waals surface area contributed by atoms with Crippen molar-refractivity contribution < 1.29 is 0 Å². The summed E-state index contributed by atoms with van der Waals surface area (Å²) >= 11 is 0. The number of hydrogen-bond acceptors (Lipinski definition) is 0. The van der Waals surface area contributed by atoms with Gasteiger partial charge in [-0.2, -0.15) is 0 Å². The Morgan fingerprint density at radius 2 is 0.611 bits per heavy atom. The molecule has 0 nitrogen and oxygen atoms in total. The van der Waals surface area contributed by atoms with Crippen LogP contribution in [-0.4, -0.2) is 32.3 Å². The molecule has 1 aliphatic rings. The van der Waals surface area contributed by atoms with Crippen molar-refractivity contribution in [2.24, 2.45) is 0 Å². The van der Waals surface area contributed by atoms with E-state index < -0.39 is 32.3 Å². The molecule has 0 aliphatic carbocycles. The van der Waals surface area contributed by atoms with Crippen LogP contribution in [0.5, 0.6) is 0 Å². The van der Waals surface area contributed by atoms with Gasteiger partial charge in [-0.25, -0.2) is 0 Å². The van der Waals surface area contributed by atoms with Gasteiger partial charge in [-0.05, 0) is 11.3 Å². The van der Waals surface area contributed by atoms with Gasteiger partial charge in [0.1, 0.15) is 32.3 Å². The molecule has 1 aliphatic heterocycles. The first kappa shape index (κ1) is 16.0. The molecule has 0 aromatic carbocycles. The maximum Gasteiger partial charge on any atom is 0.129 e.